The molecule has 0 aliphatic rings. The first-order chi connectivity index (χ1) is 8.63. The summed E-state index contributed by atoms with van der Waals surface area (Å²) < 4.78 is 5.48. The molecule has 0 aromatic heterocycles. The van der Waals surface area contributed by atoms with Crippen molar-refractivity contribution in [1.29, 1.82) is 0 Å². The summed E-state index contributed by atoms with van der Waals surface area (Å²) in [4.78, 5) is 11.0. The van der Waals surface area contributed by atoms with Gasteiger partial charge in [-0.15, -0.1) is 0 Å². The van der Waals surface area contributed by atoms with Crippen LogP contribution in [0.4, 0.5) is 0 Å². The molecule has 0 aliphatic heterocycles. The summed E-state index contributed by atoms with van der Waals surface area (Å²) in [7, 11) is 0. The topological polar surface area (TPSA) is 66.8 Å². The molecule has 94 valence electrons. The van der Waals surface area contributed by atoms with Crippen LogP contribution in [0.25, 0.3) is 10.8 Å². The maximum Gasteiger partial charge on any atom is 0.344 e. The summed E-state index contributed by atoms with van der Waals surface area (Å²) in [5.74, 6) is -0.367. The number of benzene rings is 2. The molecule has 0 amide bonds. The fourth-order valence-electron chi connectivity index (χ4n) is 1.83. The van der Waals surface area contributed by atoms with Crippen molar-refractivity contribution in [2.75, 3.05) is 0 Å². The highest BCUT2D eigenvalue weighted by molar-refractivity contribution is 5.93. The van der Waals surface area contributed by atoms with Gasteiger partial charge in [0, 0.05) is 10.8 Å². The minimum absolute atomic E-state index is 0.154. The van der Waals surface area contributed by atoms with Crippen LogP contribution in [0.5, 0.6) is 11.5 Å². The van der Waals surface area contributed by atoms with Crippen molar-refractivity contribution in [2.24, 2.45) is 0 Å². The molecule has 4 heteroatoms. The molecule has 1 unspecified atom stereocenters. The molecule has 0 heterocycles. The third-order valence-electron chi connectivity index (χ3n) is 2.77. The van der Waals surface area contributed by atoms with Crippen molar-refractivity contribution in [3.63, 3.8) is 0 Å². The molecule has 0 saturated heterocycles. The van der Waals surface area contributed by atoms with Crippen LogP contribution in [-0.4, -0.2) is 22.3 Å². The number of phenolic OH excluding ortho intramolecular Hbond substituents is 1. The zero-order valence-electron chi connectivity index (χ0n) is 9.96. The molecule has 18 heavy (non-hydrogen) atoms. The molecule has 4 nitrogen and oxygen atoms in total. The molecule has 0 bridgehead atoms. The lowest BCUT2D eigenvalue weighted by molar-refractivity contribution is -0.145. The Bertz CT molecular complexity index is 577. The van der Waals surface area contributed by atoms with Crippen LogP contribution in [0.1, 0.15) is 13.3 Å². The van der Waals surface area contributed by atoms with E-state index in [2.05, 4.69) is 0 Å². The van der Waals surface area contributed by atoms with Crippen molar-refractivity contribution in [3.8, 4) is 11.5 Å². The van der Waals surface area contributed by atoms with Crippen molar-refractivity contribution >= 4 is 16.7 Å². The van der Waals surface area contributed by atoms with Crippen molar-refractivity contribution in [1.82, 2.24) is 0 Å². The summed E-state index contributed by atoms with van der Waals surface area (Å²) in [5.41, 5.74) is 0. The maximum absolute atomic E-state index is 11.0. The number of rotatable bonds is 4. The van der Waals surface area contributed by atoms with E-state index in [1.807, 2.05) is 0 Å². The van der Waals surface area contributed by atoms with E-state index < -0.39 is 12.1 Å². The minimum atomic E-state index is -0.991. The van der Waals surface area contributed by atoms with Crippen LogP contribution in [0.2, 0.25) is 0 Å². The fourth-order valence-corrected chi connectivity index (χ4v) is 1.83. The Kier molecular flexibility index (Phi) is 3.37. The lowest BCUT2D eigenvalue weighted by Gasteiger charge is -2.15. The molecule has 2 N–H and O–H groups in total. The second-order valence-corrected chi connectivity index (χ2v) is 3.98. The summed E-state index contributed by atoms with van der Waals surface area (Å²) in [6.07, 6.45) is -0.497. The standard InChI is InChI=1S/C14H14O4/c1-2-12(14(16)17)18-13-8-4-5-9-10(13)6-3-7-11(9)15/h3-8,12,15H,2H2,1H3,(H,16,17). The first-order valence-corrected chi connectivity index (χ1v) is 5.73. The highest BCUT2D eigenvalue weighted by Gasteiger charge is 2.18. The number of carboxylic acid groups (broad SMARTS) is 1. The second kappa shape index (κ2) is 4.96. The average Bonchev–Trinajstić information content (AvgIpc) is 2.36. The van der Waals surface area contributed by atoms with Crippen LogP contribution >= 0.6 is 0 Å². The van der Waals surface area contributed by atoms with Crippen LogP contribution in [0.15, 0.2) is 36.4 Å². The third-order valence-corrected chi connectivity index (χ3v) is 2.77. The Balaban J connectivity index is 2.45. The number of aromatic hydroxyl groups is 1. The molecular weight excluding hydrogens is 232 g/mol. The van der Waals surface area contributed by atoms with Crippen LogP contribution < -0.4 is 4.74 Å². The Labute approximate surface area is 104 Å². The number of hydrogen-bond donors (Lipinski definition) is 2. The first-order valence-electron chi connectivity index (χ1n) is 5.73. The van der Waals surface area contributed by atoms with Gasteiger partial charge in [0.1, 0.15) is 11.5 Å². The van der Waals surface area contributed by atoms with Gasteiger partial charge in [0.05, 0.1) is 0 Å². The van der Waals surface area contributed by atoms with Gasteiger partial charge in [-0.1, -0.05) is 31.2 Å². The molecule has 0 fully saturated rings. The number of ether oxygens (including phenoxy) is 1. The molecule has 0 spiro atoms. The average molecular weight is 246 g/mol. The minimum Gasteiger partial charge on any atom is -0.507 e. The van der Waals surface area contributed by atoms with E-state index in [-0.39, 0.29) is 5.75 Å². The maximum atomic E-state index is 11.0. The van der Waals surface area contributed by atoms with Crippen molar-refractivity contribution in [3.05, 3.63) is 36.4 Å². The lowest BCUT2D eigenvalue weighted by atomic mass is 10.1. The van der Waals surface area contributed by atoms with Gasteiger partial charge in [-0.05, 0) is 18.6 Å². The van der Waals surface area contributed by atoms with Crippen molar-refractivity contribution < 1.29 is 19.7 Å². The number of carbonyl (C=O) groups is 1. The normalized spacial score (nSPS) is 12.3. The zero-order chi connectivity index (χ0) is 13.1. The predicted molar refractivity (Wildman–Crippen MR) is 68.0 cm³/mol. The molecule has 1 atom stereocenters. The Morgan fingerprint density at radius 1 is 1.22 bits per heavy atom. The van der Waals surface area contributed by atoms with Gasteiger partial charge in [0.2, 0.25) is 0 Å². The molecule has 2 rings (SSSR count). The van der Waals surface area contributed by atoms with Gasteiger partial charge in [-0.3, -0.25) is 0 Å². The van der Waals surface area contributed by atoms with E-state index in [0.29, 0.717) is 22.9 Å². The molecule has 0 radical (unpaired) electrons. The molecular formula is C14H14O4. The second-order valence-electron chi connectivity index (χ2n) is 3.98. The third kappa shape index (κ3) is 2.22. The molecule has 2 aromatic rings. The van der Waals surface area contributed by atoms with Gasteiger partial charge < -0.3 is 14.9 Å². The van der Waals surface area contributed by atoms with Gasteiger partial charge in [-0.25, -0.2) is 4.79 Å². The van der Waals surface area contributed by atoms with Crippen LogP contribution in [0.3, 0.4) is 0 Å². The monoisotopic (exact) mass is 246 g/mol. The van der Waals surface area contributed by atoms with E-state index >= 15 is 0 Å². The SMILES string of the molecule is CCC(Oc1cccc2c(O)cccc12)C(=O)O. The molecule has 0 saturated carbocycles. The summed E-state index contributed by atoms with van der Waals surface area (Å²) in [6, 6.07) is 10.3. The summed E-state index contributed by atoms with van der Waals surface area (Å²) in [5, 5.41) is 20.1. The lowest BCUT2D eigenvalue weighted by Crippen LogP contribution is -2.25. The van der Waals surface area contributed by atoms with Crippen LogP contribution in [-0.2, 0) is 4.79 Å². The number of fused-ring (bicyclic) bond motifs is 1. The first kappa shape index (κ1) is 12.2. The van der Waals surface area contributed by atoms with Crippen molar-refractivity contribution in [2.45, 2.75) is 19.4 Å². The summed E-state index contributed by atoms with van der Waals surface area (Å²) >= 11 is 0. The molecule has 2 aromatic carbocycles. The Hall–Kier alpha value is -2.23. The van der Waals surface area contributed by atoms with Gasteiger partial charge in [-0.2, -0.15) is 0 Å². The molecule has 0 aliphatic carbocycles. The quantitative estimate of drug-likeness (QED) is 0.870. The van der Waals surface area contributed by atoms with Gasteiger partial charge >= 0.3 is 5.97 Å². The number of aliphatic carboxylic acids is 1. The highest BCUT2D eigenvalue weighted by Crippen LogP contribution is 2.31. The predicted octanol–water partition coefficient (Wildman–Crippen LogP) is 2.79. The number of hydrogen-bond acceptors (Lipinski definition) is 3. The van der Waals surface area contributed by atoms with E-state index in [4.69, 9.17) is 9.84 Å². The van der Waals surface area contributed by atoms with E-state index in [1.54, 1.807) is 43.3 Å². The van der Waals surface area contributed by atoms with Gasteiger partial charge in [0.15, 0.2) is 6.10 Å². The zero-order valence-corrected chi connectivity index (χ0v) is 9.96. The summed E-state index contributed by atoms with van der Waals surface area (Å²) in [6.45, 7) is 1.75. The van der Waals surface area contributed by atoms with E-state index in [9.17, 15) is 9.90 Å². The number of carboxylic acids is 1. The van der Waals surface area contributed by atoms with E-state index in [1.165, 1.54) is 0 Å². The Morgan fingerprint density at radius 2 is 1.89 bits per heavy atom. The van der Waals surface area contributed by atoms with E-state index in [0.717, 1.165) is 0 Å². The van der Waals surface area contributed by atoms with Gasteiger partial charge in [0.25, 0.3) is 0 Å². The fraction of sp³-hybridized carbons (Fsp3) is 0.214. The number of phenols is 1. The smallest absolute Gasteiger partial charge is 0.344 e. The Morgan fingerprint density at radius 3 is 2.56 bits per heavy atom. The largest absolute Gasteiger partial charge is 0.507 e. The highest BCUT2D eigenvalue weighted by atomic mass is 16.5. The van der Waals surface area contributed by atoms with Crippen LogP contribution in [0, 0.1) is 0 Å².